The second-order valence-electron chi connectivity index (χ2n) is 3.33. The fourth-order valence-electron chi connectivity index (χ4n) is 0.721. The van der Waals surface area contributed by atoms with Crippen molar-refractivity contribution in [2.24, 2.45) is 0 Å². The lowest BCUT2D eigenvalue weighted by Gasteiger charge is -2.20. The van der Waals surface area contributed by atoms with Crippen LogP contribution in [-0.2, 0) is 19.1 Å². The molecule has 17 heavy (non-hydrogen) atoms. The monoisotopic (exact) mass is 266 g/mol. The van der Waals surface area contributed by atoms with Gasteiger partial charge in [0.25, 0.3) is 5.60 Å². The molecule has 0 saturated carbocycles. The summed E-state index contributed by atoms with van der Waals surface area (Å²) >= 11 is 0.839. The summed E-state index contributed by atoms with van der Waals surface area (Å²) in [6.07, 6.45) is 0.305. The molecule has 8 heteroatoms. The van der Waals surface area contributed by atoms with Crippen LogP contribution < -0.4 is 0 Å². The molecule has 98 valence electrons. The van der Waals surface area contributed by atoms with Crippen LogP contribution in [0.1, 0.15) is 20.3 Å². The molecule has 0 saturated heterocycles. The van der Waals surface area contributed by atoms with Crippen molar-refractivity contribution in [3.8, 4) is 0 Å². The lowest BCUT2D eigenvalue weighted by molar-refractivity contribution is -0.178. The number of ether oxygens (including phenoxy) is 1. The molecule has 0 spiro atoms. The summed E-state index contributed by atoms with van der Waals surface area (Å²) in [5.41, 5.74) is -3.43. The second-order valence-corrected chi connectivity index (χ2v) is 4.47. The van der Waals surface area contributed by atoms with E-state index in [4.69, 9.17) is 14.9 Å². The molecule has 0 aliphatic carbocycles. The molecule has 0 aromatic carbocycles. The molecule has 0 amide bonds. The lowest BCUT2D eigenvalue weighted by Crippen LogP contribution is -2.45. The summed E-state index contributed by atoms with van der Waals surface area (Å²) in [5, 5.41) is 26.3. The van der Waals surface area contributed by atoms with Gasteiger partial charge in [0.05, 0.1) is 5.75 Å². The van der Waals surface area contributed by atoms with Gasteiger partial charge < -0.3 is 20.1 Å². The molecule has 2 unspecified atom stereocenters. The quantitative estimate of drug-likeness (QED) is 0.332. The predicted molar refractivity (Wildman–Crippen MR) is 58.5 cm³/mol. The lowest BCUT2D eigenvalue weighted by atomic mass is 10.1. The van der Waals surface area contributed by atoms with Crippen LogP contribution in [0.4, 0.5) is 0 Å². The van der Waals surface area contributed by atoms with Gasteiger partial charge in [-0.1, -0.05) is 6.92 Å². The number of hydrogen-bond acceptors (Lipinski definition) is 6. The number of aliphatic hydroxyl groups is 1. The van der Waals surface area contributed by atoms with Gasteiger partial charge in [-0.2, -0.15) is 0 Å². The highest BCUT2D eigenvalue weighted by Gasteiger charge is 2.41. The van der Waals surface area contributed by atoms with E-state index in [1.54, 1.807) is 6.92 Å². The Bertz CT molecular complexity index is 312. The standard InChI is InChI=1S/C9H14O7S/c1-3-6(17-4-5(10)11)16-8(14)9(2,15)7(12)13/h6,15H,3-4H2,1-2H3,(H,10,11)(H,12,13). The van der Waals surface area contributed by atoms with E-state index in [1.165, 1.54) is 0 Å². The van der Waals surface area contributed by atoms with Gasteiger partial charge in [0.1, 0.15) is 5.44 Å². The van der Waals surface area contributed by atoms with Gasteiger partial charge in [-0.25, -0.2) is 9.59 Å². The van der Waals surface area contributed by atoms with E-state index < -0.39 is 28.9 Å². The smallest absolute Gasteiger partial charge is 0.350 e. The molecule has 0 radical (unpaired) electrons. The minimum Gasteiger partial charge on any atom is -0.481 e. The van der Waals surface area contributed by atoms with Crippen LogP contribution >= 0.6 is 11.8 Å². The van der Waals surface area contributed by atoms with Crippen LogP contribution in [0, 0.1) is 0 Å². The largest absolute Gasteiger partial charge is 0.481 e. The van der Waals surface area contributed by atoms with E-state index >= 15 is 0 Å². The fraction of sp³-hybridized carbons (Fsp3) is 0.667. The van der Waals surface area contributed by atoms with Crippen molar-refractivity contribution in [3.05, 3.63) is 0 Å². The van der Waals surface area contributed by atoms with E-state index in [9.17, 15) is 19.5 Å². The Morgan fingerprint density at radius 2 is 1.88 bits per heavy atom. The number of carboxylic acid groups (broad SMARTS) is 2. The SMILES string of the molecule is CCC(OC(=O)C(C)(O)C(=O)O)SCC(=O)O. The van der Waals surface area contributed by atoms with E-state index in [-0.39, 0.29) is 5.75 Å². The van der Waals surface area contributed by atoms with Crippen LogP contribution in [0.15, 0.2) is 0 Å². The number of hydrogen-bond donors (Lipinski definition) is 3. The molecular weight excluding hydrogens is 252 g/mol. The highest BCUT2D eigenvalue weighted by molar-refractivity contribution is 8.00. The topological polar surface area (TPSA) is 121 Å². The summed E-state index contributed by atoms with van der Waals surface area (Å²) in [7, 11) is 0. The number of esters is 1. The Morgan fingerprint density at radius 1 is 1.35 bits per heavy atom. The Kier molecular flexibility index (Phi) is 5.97. The maximum atomic E-state index is 11.3. The van der Waals surface area contributed by atoms with Gasteiger partial charge in [-0.3, -0.25) is 4.79 Å². The summed E-state index contributed by atoms with van der Waals surface area (Å²) in [4.78, 5) is 32.2. The summed E-state index contributed by atoms with van der Waals surface area (Å²) in [5.74, 6) is -4.38. The van der Waals surface area contributed by atoms with Crippen LogP contribution in [-0.4, -0.2) is 50.0 Å². The van der Waals surface area contributed by atoms with E-state index in [0.717, 1.165) is 18.7 Å². The molecule has 0 bridgehead atoms. The van der Waals surface area contributed by atoms with Crippen molar-refractivity contribution in [2.75, 3.05) is 5.75 Å². The zero-order chi connectivity index (χ0) is 13.6. The Hall–Kier alpha value is -1.28. The first-order valence-electron chi connectivity index (χ1n) is 4.72. The van der Waals surface area contributed by atoms with Crippen LogP contribution in [0.2, 0.25) is 0 Å². The third-order valence-corrected chi connectivity index (χ3v) is 2.99. The Balaban J connectivity index is 4.43. The van der Waals surface area contributed by atoms with Crippen molar-refractivity contribution in [1.82, 2.24) is 0 Å². The average Bonchev–Trinajstić information content (AvgIpc) is 2.23. The van der Waals surface area contributed by atoms with Gasteiger partial charge in [-0.05, 0) is 13.3 Å². The molecule has 0 aliphatic heterocycles. The van der Waals surface area contributed by atoms with Crippen molar-refractivity contribution in [3.63, 3.8) is 0 Å². The van der Waals surface area contributed by atoms with Crippen molar-refractivity contribution in [2.45, 2.75) is 31.3 Å². The van der Waals surface area contributed by atoms with Gasteiger partial charge in [-0.15, -0.1) is 11.8 Å². The van der Waals surface area contributed by atoms with Gasteiger partial charge in [0.2, 0.25) is 0 Å². The number of carbonyl (C=O) groups is 3. The third-order valence-electron chi connectivity index (χ3n) is 1.78. The van der Waals surface area contributed by atoms with E-state index in [2.05, 4.69) is 0 Å². The average molecular weight is 266 g/mol. The van der Waals surface area contributed by atoms with Gasteiger partial charge >= 0.3 is 17.9 Å². The zero-order valence-electron chi connectivity index (χ0n) is 9.37. The van der Waals surface area contributed by atoms with E-state index in [1.807, 2.05) is 0 Å². The first kappa shape index (κ1) is 15.7. The second kappa shape index (κ2) is 6.45. The minimum atomic E-state index is -2.63. The summed E-state index contributed by atoms with van der Waals surface area (Å²) < 4.78 is 4.71. The number of thioether (sulfide) groups is 1. The predicted octanol–water partition coefficient (Wildman–Crippen LogP) is -0.0809. The fourth-order valence-corrected chi connectivity index (χ4v) is 1.44. The summed E-state index contributed by atoms with van der Waals surface area (Å²) in [6, 6.07) is 0. The number of carbonyl (C=O) groups excluding carboxylic acids is 1. The van der Waals surface area contributed by atoms with E-state index in [0.29, 0.717) is 6.42 Å². The van der Waals surface area contributed by atoms with Crippen molar-refractivity contribution in [1.29, 1.82) is 0 Å². The molecular formula is C9H14O7S. The normalized spacial score (nSPS) is 15.7. The molecule has 0 aromatic heterocycles. The van der Waals surface area contributed by atoms with Crippen LogP contribution in [0.3, 0.4) is 0 Å². The maximum Gasteiger partial charge on any atom is 0.350 e. The summed E-state index contributed by atoms with van der Waals surface area (Å²) in [6.45, 7) is 2.44. The molecule has 0 fully saturated rings. The Morgan fingerprint density at radius 3 is 2.24 bits per heavy atom. The molecule has 0 aliphatic rings. The van der Waals surface area contributed by atoms with Gasteiger partial charge in [0, 0.05) is 0 Å². The molecule has 0 aromatic rings. The molecule has 0 heterocycles. The highest BCUT2D eigenvalue weighted by Crippen LogP contribution is 2.19. The number of carboxylic acids is 2. The van der Waals surface area contributed by atoms with Crippen LogP contribution in [0.25, 0.3) is 0 Å². The van der Waals surface area contributed by atoms with Crippen LogP contribution in [0.5, 0.6) is 0 Å². The third kappa shape index (κ3) is 5.05. The highest BCUT2D eigenvalue weighted by atomic mass is 32.2. The Labute approximate surface area is 102 Å². The zero-order valence-corrected chi connectivity index (χ0v) is 10.2. The molecule has 3 N–H and O–H groups in total. The minimum absolute atomic E-state index is 0.277. The molecule has 7 nitrogen and oxygen atoms in total. The first-order valence-corrected chi connectivity index (χ1v) is 5.77. The molecule has 2 atom stereocenters. The number of aliphatic carboxylic acids is 2. The first-order chi connectivity index (χ1) is 7.71. The maximum absolute atomic E-state index is 11.3. The van der Waals surface area contributed by atoms with Crippen molar-refractivity contribution < 1.29 is 34.4 Å². The van der Waals surface area contributed by atoms with Gasteiger partial charge in [0.15, 0.2) is 0 Å². The number of rotatable bonds is 7. The van der Waals surface area contributed by atoms with Crippen molar-refractivity contribution >= 4 is 29.7 Å². The molecule has 0 rings (SSSR count).